The molecule has 3 rings (SSSR count). The third-order valence-electron chi connectivity index (χ3n) is 3.90. The lowest BCUT2D eigenvalue weighted by Gasteiger charge is -2.32. The third-order valence-corrected chi connectivity index (χ3v) is 3.90. The van der Waals surface area contributed by atoms with Gasteiger partial charge in [-0.25, -0.2) is 0 Å². The zero-order chi connectivity index (χ0) is 10.3. The topological polar surface area (TPSA) is 41.6 Å². The molecule has 15 heavy (non-hydrogen) atoms. The van der Waals surface area contributed by atoms with Crippen LogP contribution in [0, 0.1) is 5.92 Å². The Kier molecular flexibility index (Phi) is 2.41. The molecule has 1 amide bonds. The Bertz CT molecular complexity index is 263. The first kappa shape index (κ1) is 9.60. The molecule has 4 nitrogen and oxygen atoms in total. The summed E-state index contributed by atoms with van der Waals surface area (Å²) in [6.07, 6.45) is 3.53. The average molecular weight is 210 g/mol. The van der Waals surface area contributed by atoms with Crippen molar-refractivity contribution in [3.05, 3.63) is 0 Å². The molecule has 2 bridgehead atoms. The number of amides is 1. The zero-order valence-corrected chi connectivity index (χ0v) is 8.95. The second-order valence-electron chi connectivity index (χ2n) is 4.89. The van der Waals surface area contributed by atoms with Crippen LogP contribution in [0.25, 0.3) is 0 Å². The number of piperidine rings is 1. The minimum absolute atomic E-state index is 0.217. The number of nitrogens with zero attached hydrogens (tertiary/aromatic N) is 1. The molecule has 84 valence electrons. The predicted molar refractivity (Wildman–Crippen MR) is 55.5 cm³/mol. The van der Waals surface area contributed by atoms with Gasteiger partial charge in [-0.15, -0.1) is 0 Å². The summed E-state index contributed by atoms with van der Waals surface area (Å²) >= 11 is 0. The Labute approximate surface area is 90.0 Å². The standard InChI is InChI=1S/C11H18N2O2/c14-11(10-6-12-3-4-15-10)13-7-8-1-2-9(13)5-8/h8-10,12H,1-7H2/t8?,9?,10-/m1/s1. The molecule has 0 aromatic rings. The van der Waals surface area contributed by atoms with Crippen molar-refractivity contribution in [2.75, 3.05) is 26.2 Å². The maximum atomic E-state index is 12.2. The number of hydrogen-bond donors (Lipinski definition) is 1. The second-order valence-corrected chi connectivity index (χ2v) is 4.89. The largest absolute Gasteiger partial charge is 0.366 e. The highest BCUT2D eigenvalue weighted by molar-refractivity contribution is 5.82. The van der Waals surface area contributed by atoms with Crippen LogP contribution in [0.2, 0.25) is 0 Å². The number of fused-ring (bicyclic) bond motifs is 2. The highest BCUT2D eigenvalue weighted by Crippen LogP contribution is 2.37. The van der Waals surface area contributed by atoms with Crippen molar-refractivity contribution in [3.8, 4) is 0 Å². The first-order chi connectivity index (χ1) is 7.34. The van der Waals surface area contributed by atoms with E-state index in [2.05, 4.69) is 10.2 Å². The fraction of sp³-hybridized carbons (Fsp3) is 0.909. The number of nitrogens with one attached hydrogen (secondary N) is 1. The molecule has 3 atom stereocenters. The molecular formula is C11H18N2O2. The van der Waals surface area contributed by atoms with Gasteiger partial charge in [0.15, 0.2) is 0 Å². The number of carbonyl (C=O) groups is 1. The van der Waals surface area contributed by atoms with Crippen molar-refractivity contribution in [1.82, 2.24) is 10.2 Å². The molecule has 2 aliphatic heterocycles. The number of morpholine rings is 1. The normalized spacial score (nSPS) is 39.7. The predicted octanol–water partition coefficient (Wildman–Crippen LogP) is -0.0143. The van der Waals surface area contributed by atoms with Crippen LogP contribution < -0.4 is 5.32 Å². The highest BCUT2D eigenvalue weighted by Gasteiger charge is 2.42. The van der Waals surface area contributed by atoms with E-state index in [4.69, 9.17) is 4.74 Å². The van der Waals surface area contributed by atoms with Crippen molar-refractivity contribution in [1.29, 1.82) is 0 Å². The summed E-state index contributed by atoms with van der Waals surface area (Å²) in [5, 5.41) is 3.21. The molecule has 1 N–H and O–H groups in total. The van der Waals surface area contributed by atoms with Crippen molar-refractivity contribution >= 4 is 5.91 Å². The summed E-state index contributed by atoms with van der Waals surface area (Å²) in [6.45, 7) is 3.20. The third kappa shape index (κ3) is 1.66. The van der Waals surface area contributed by atoms with Crippen LogP contribution in [-0.2, 0) is 9.53 Å². The van der Waals surface area contributed by atoms with E-state index < -0.39 is 0 Å². The maximum absolute atomic E-state index is 12.2. The molecule has 4 heteroatoms. The Morgan fingerprint density at radius 1 is 1.40 bits per heavy atom. The van der Waals surface area contributed by atoms with Crippen LogP contribution in [0.3, 0.4) is 0 Å². The first-order valence-corrected chi connectivity index (χ1v) is 5.97. The molecule has 0 radical (unpaired) electrons. The fourth-order valence-corrected chi connectivity index (χ4v) is 3.10. The fourth-order valence-electron chi connectivity index (χ4n) is 3.10. The van der Waals surface area contributed by atoms with Gasteiger partial charge in [-0.3, -0.25) is 4.79 Å². The number of rotatable bonds is 1. The van der Waals surface area contributed by atoms with Gasteiger partial charge in [0.1, 0.15) is 6.10 Å². The summed E-state index contributed by atoms with van der Waals surface area (Å²) in [5.74, 6) is 0.991. The van der Waals surface area contributed by atoms with Gasteiger partial charge in [-0.2, -0.15) is 0 Å². The van der Waals surface area contributed by atoms with Gasteiger partial charge in [0.25, 0.3) is 5.91 Å². The van der Waals surface area contributed by atoms with E-state index in [1.54, 1.807) is 0 Å². The monoisotopic (exact) mass is 210 g/mol. The second kappa shape index (κ2) is 3.76. The molecule has 2 heterocycles. The molecule has 0 aromatic carbocycles. The van der Waals surface area contributed by atoms with Gasteiger partial charge < -0.3 is 15.0 Å². The van der Waals surface area contributed by atoms with Crippen molar-refractivity contribution in [3.63, 3.8) is 0 Å². The SMILES string of the molecule is O=C([C@H]1CNCCO1)N1CC2CCC1C2. The number of ether oxygens (including phenoxy) is 1. The smallest absolute Gasteiger partial charge is 0.253 e. The van der Waals surface area contributed by atoms with Crippen LogP contribution in [0.4, 0.5) is 0 Å². The van der Waals surface area contributed by atoms with Crippen molar-refractivity contribution in [2.24, 2.45) is 5.92 Å². The summed E-state index contributed by atoms with van der Waals surface area (Å²) in [4.78, 5) is 14.2. The van der Waals surface area contributed by atoms with E-state index in [9.17, 15) is 4.79 Å². The van der Waals surface area contributed by atoms with Gasteiger partial charge in [0.05, 0.1) is 6.61 Å². The Hall–Kier alpha value is -0.610. The van der Waals surface area contributed by atoms with Crippen LogP contribution in [0.1, 0.15) is 19.3 Å². The number of hydrogen-bond acceptors (Lipinski definition) is 3. The molecule has 2 saturated heterocycles. The average Bonchev–Trinajstić information content (AvgIpc) is 2.91. The van der Waals surface area contributed by atoms with Crippen molar-refractivity contribution < 1.29 is 9.53 Å². The summed E-state index contributed by atoms with van der Waals surface area (Å²) in [6, 6.07) is 0.521. The Balaban J connectivity index is 1.64. The molecule has 0 aromatic heterocycles. The molecule has 3 aliphatic rings. The molecule has 0 spiro atoms. The van der Waals surface area contributed by atoms with Gasteiger partial charge in [0, 0.05) is 25.7 Å². The minimum Gasteiger partial charge on any atom is -0.366 e. The van der Waals surface area contributed by atoms with E-state index in [0.717, 1.165) is 19.0 Å². The number of carbonyl (C=O) groups excluding carboxylic acids is 1. The van der Waals surface area contributed by atoms with Crippen LogP contribution in [-0.4, -0.2) is 49.2 Å². The van der Waals surface area contributed by atoms with Crippen LogP contribution in [0.15, 0.2) is 0 Å². The van der Waals surface area contributed by atoms with Gasteiger partial charge >= 0.3 is 0 Å². The van der Waals surface area contributed by atoms with E-state index in [0.29, 0.717) is 19.2 Å². The molecule has 1 aliphatic carbocycles. The lowest BCUT2D eigenvalue weighted by Crippen LogP contribution is -2.51. The Morgan fingerprint density at radius 3 is 2.93 bits per heavy atom. The van der Waals surface area contributed by atoms with Gasteiger partial charge in [-0.1, -0.05) is 0 Å². The minimum atomic E-state index is -0.224. The number of likely N-dealkylation sites (tertiary alicyclic amines) is 1. The lowest BCUT2D eigenvalue weighted by molar-refractivity contribution is -0.146. The molecule has 1 saturated carbocycles. The lowest BCUT2D eigenvalue weighted by atomic mass is 10.1. The van der Waals surface area contributed by atoms with Gasteiger partial charge in [0.2, 0.25) is 0 Å². The van der Waals surface area contributed by atoms with E-state index in [1.165, 1.54) is 19.3 Å². The highest BCUT2D eigenvalue weighted by atomic mass is 16.5. The summed E-state index contributed by atoms with van der Waals surface area (Å²) < 4.78 is 5.51. The molecule has 3 fully saturated rings. The molecular weight excluding hydrogens is 192 g/mol. The summed E-state index contributed by atoms with van der Waals surface area (Å²) in [5.41, 5.74) is 0. The molecule has 2 unspecified atom stereocenters. The van der Waals surface area contributed by atoms with Crippen LogP contribution >= 0.6 is 0 Å². The van der Waals surface area contributed by atoms with E-state index in [-0.39, 0.29) is 12.0 Å². The quantitative estimate of drug-likeness (QED) is 0.661. The zero-order valence-electron chi connectivity index (χ0n) is 8.95. The maximum Gasteiger partial charge on any atom is 0.253 e. The van der Waals surface area contributed by atoms with E-state index >= 15 is 0 Å². The Morgan fingerprint density at radius 2 is 2.33 bits per heavy atom. The van der Waals surface area contributed by atoms with Gasteiger partial charge in [-0.05, 0) is 25.2 Å². The first-order valence-electron chi connectivity index (χ1n) is 5.97. The van der Waals surface area contributed by atoms with E-state index in [1.807, 2.05) is 0 Å². The van der Waals surface area contributed by atoms with Crippen LogP contribution in [0.5, 0.6) is 0 Å². The van der Waals surface area contributed by atoms with Crippen molar-refractivity contribution in [2.45, 2.75) is 31.4 Å². The summed E-state index contributed by atoms with van der Waals surface area (Å²) in [7, 11) is 0.